The number of hydrogen-bond acceptors (Lipinski definition) is 6. The summed E-state index contributed by atoms with van der Waals surface area (Å²) in [6.45, 7) is 1.55. The van der Waals surface area contributed by atoms with Crippen LogP contribution in [0.4, 0.5) is 9.93 Å². The van der Waals surface area contributed by atoms with Gasteiger partial charge >= 0.3 is 6.03 Å². The maximum absolute atomic E-state index is 12.2. The number of fused-ring (bicyclic) bond motifs is 1. The molecule has 22 heavy (non-hydrogen) atoms. The molecule has 0 bridgehead atoms. The van der Waals surface area contributed by atoms with Gasteiger partial charge < -0.3 is 4.90 Å². The lowest BCUT2D eigenvalue weighted by atomic mass is 9.98. The van der Waals surface area contributed by atoms with Gasteiger partial charge in [-0.25, -0.2) is 9.78 Å². The van der Waals surface area contributed by atoms with Gasteiger partial charge in [0.05, 0.1) is 10.7 Å². The molecule has 2 aliphatic rings. The number of likely N-dealkylation sites (tertiary alicyclic amines) is 1. The topological polar surface area (TPSA) is 71.0 Å². The third-order valence-corrected chi connectivity index (χ3v) is 6.24. The van der Waals surface area contributed by atoms with Crippen molar-refractivity contribution < 1.29 is 4.79 Å². The fourth-order valence-corrected chi connectivity index (χ4v) is 4.87. The highest BCUT2D eigenvalue weighted by Crippen LogP contribution is 2.35. The molecule has 3 heterocycles. The highest BCUT2D eigenvalue weighted by molar-refractivity contribution is 7.13. The molecule has 1 fully saturated rings. The van der Waals surface area contributed by atoms with Crippen molar-refractivity contribution in [2.24, 2.45) is 0 Å². The van der Waals surface area contributed by atoms with E-state index < -0.39 is 0 Å². The van der Waals surface area contributed by atoms with Crippen LogP contribution >= 0.6 is 22.7 Å². The summed E-state index contributed by atoms with van der Waals surface area (Å²) in [4.78, 5) is 20.3. The zero-order valence-electron chi connectivity index (χ0n) is 12.1. The van der Waals surface area contributed by atoms with Crippen molar-refractivity contribution in [1.29, 1.82) is 0 Å². The molecular weight excluding hydrogens is 318 g/mol. The van der Waals surface area contributed by atoms with Crippen molar-refractivity contribution >= 4 is 33.8 Å². The van der Waals surface area contributed by atoms with E-state index in [1.54, 1.807) is 5.51 Å². The van der Waals surface area contributed by atoms with Crippen LogP contribution in [0.15, 0.2) is 5.51 Å². The number of piperidine rings is 1. The van der Waals surface area contributed by atoms with Gasteiger partial charge in [-0.15, -0.1) is 21.5 Å². The summed E-state index contributed by atoms with van der Waals surface area (Å²) in [6, 6.07) is -0.0724. The minimum atomic E-state index is -0.0724. The second-order valence-corrected chi connectivity index (χ2v) is 7.66. The molecule has 1 aliphatic carbocycles. The maximum Gasteiger partial charge on any atom is 0.323 e. The third-order valence-electron chi connectivity index (χ3n) is 4.32. The predicted octanol–water partition coefficient (Wildman–Crippen LogP) is 2.89. The van der Waals surface area contributed by atoms with Gasteiger partial charge in [0, 0.05) is 23.9 Å². The number of amides is 2. The number of rotatable bonds is 2. The zero-order valence-corrected chi connectivity index (χ0v) is 13.8. The maximum atomic E-state index is 12.2. The van der Waals surface area contributed by atoms with Gasteiger partial charge in [-0.05, 0) is 32.1 Å². The van der Waals surface area contributed by atoms with E-state index in [1.807, 2.05) is 16.2 Å². The summed E-state index contributed by atoms with van der Waals surface area (Å²) in [6.07, 6.45) is 5.61. The van der Waals surface area contributed by atoms with Crippen molar-refractivity contribution in [3.8, 4) is 0 Å². The number of carbonyl (C=O) groups is 1. The number of carbonyl (C=O) groups excluding carboxylic acids is 1. The lowest BCUT2D eigenvalue weighted by Crippen LogP contribution is -2.40. The van der Waals surface area contributed by atoms with Crippen molar-refractivity contribution in [3.63, 3.8) is 0 Å². The van der Waals surface area contributed by atoms with Crippen LogP contribution < -0.4 is 5.32 Å². The molecule has 0 spiro atoms. The van der Waals surface area contributed by atoms with Gasteiger partial charge in [0.25, 0.3) is 0 Å². The van der Waals surface area contributed by atoms with Gasteiger partial charge in [0.15, 0.2) is 0 Å². The Bertz CT molecular complexity index is 639. The van der Waals surface area contributed by atoms with Crippen LogP contribution in [-0.4, -0.2) is 39.2 Å². The van der Waals surface area contributed by atoms with Crippen LogP contribution in [0.2, 0.25) is 0 Å². The summed E-state index contributed by atoms with van der Waals surface area (Å²) in [5.74, 6) is 0.515. The molecule has 6 nitrogen and oxygen atoms in total. The van der Waals surface area contributed by atoms with E-state index in [0.717, 1.165) is 32.4 Å². The van der Waals surface area contributed by atoms with Gasteiger partial charge in [0.1, 0.15) is 5.51 Å². The molecule has 2 amide bonds. The van der Waals surface area contributed by atoms with Crippen molar-refractivity contribution in [2.75, 3.05) is 18.4 Å². The van der Waals surface area contributed by atoms with Crippen LogP contribution in [0.1, 0.15) is 40.8 Å². The van der Waals surface area contributed by atoms with E-state index in [-0.39, 0.29) is 6.03 Å². The number of aromatic nitrogens is 3. The number of urea groups is 1. The smallest absolute Gasteiger partial charge is 0.323 e. The first-order valence-electron chi connectivity index (χ1n) is 7.60. The minimum absolute atomic E-state index is 0.0724. The molecule has 4 rings (SSSR count). The number of anilines is 1. The molecule has 0 radical (unpaired) electrons. The molecule has 1 saturated heterocycles. The summed E-state index contributed by atoms with van der Waals surface area (Å²) < 4.78 is 0. The molecule has 0 unspecified atom stereocenters. The molecule has 0 atom stereocenters. The average molecular weight is 335 g/mol. The quantitative estimate of drug-likeness (QED) is 0.916. The number of nitrogens with one attached hydrogen (secondary N) is 1. The van der Waals surface area contributed by atoms with Gasteiger partial charge in [-0.1, -0.05) is 11.3 Å². The molecule has 2 aromatic heterocycles. The normalized spacial score (nSPS) is 18.5. The Labute approximate surface area is 136 Å². The van der Waals surface area contributed by atoms with E-state index in [2.05, 4.69) is 15.5 Å². The highest BCUT2D eigenvalue weighted by Gasteiger charge is 2.28. The molecule has 2 aromatic rings. The molecular formula is C14H17N5OS2. The first-order valence-corrected chi connectivity index (χ1v) is 9.30. The van der Waals surface area contributed by atoms with Gasteiger partial charge in [-0.2, -0.15) is 0 Å². The largest absolute Gasteiger partial charge is 0.324 e. The fraction of sp³-hybridized carbons (Fsp3) is 0.571. The SMILES string of the molecule is O=C(Nc1nncs1)N1CCC(c2nc3c(s2)CCC3)CC1. The van der Waals surface area contributed by atoms with E-state index in [1.165, 1.54) is 39.8 Å². The first kappa shape index (κ1) is 14.1. The van der Waals surface area contributed by atoms with Gasteiger partial charge in [0.2, 0.25) is 5.13 Å². The number of aryl methyl sites for hydroxylation is 2. The Morgan fingerprint density at radius 2 is 2.18 bits per heavy atom. The van der Waals surface area contributed by atoms with Crippen LogP contribution in [-0.2, 0) is 12.8 Å². The lowest BCUT2D eigenvalue weighted by molar-refractivity contribution is 0.194. The Hall–Kier alpha value is -1.54. The molecule has 116 valence electrons. The molecule has 1 N–H and O–H groups in total. The number of thiazole rings is 1. The molecule has 0 aromatic carbocycles. The Morgan fingerprint density at radius 1 is 1.32 bits per heavy atom. The summed E-state index contributed by atoms with van der Waals surface area (Å²) in [5.41, 5.74) is 2.94. The molecule has 8 heteroatoms. The third kappa shape index (κ3) is 2.72. The zero-order chi connectivity index (χ0) is 14.9. The van der Waals surface area contributed by atoms with E-state index in [4.69, 9.17) is 4.98 Å². The second-order valence-electron chi connectivity index (χ2n) is 5.71. The van der Waals surface area contributed by atoms with E-state index >= 15 is 0 Å². The Kier molecular flexibility index (Phi) is 3.79. The summed E-state index contributed by atoms with van der Waals surface area (Å²) in [7, 11) is 0. The standard InChI is InChI=1S/C14H17N5OS2/c20-14(17-13-18-15-8-21-13)19-6-4-9(5-7-19)12-16-10-2-1-3-11(10)22-12/h8-9H,1-7H2,(H,17,18,20). The lowest BCUT2D eigenvalue weighted by Gasteiger charge is -2.30. The van der Waals surface area contributed by atoms with Crippen molar-refractivity contribution in [2.45, 2.75) is 38.0 Å². The van der Waals surface area contributed by atoms with Gasteiger partial charge in [-0.3, -0.25) is 5.32 Å². The van der Waals surface area contributed by atoms with Crippen LogP contribution in [0, 0.1) is 0 Å². The molecule has 1 aliphatic heterocycles. The number of hydrogen-bond donors (Lipinski definition) is 1. The number of nitrogens with zero attached hydrogens (tertiary/aromatic N) is 4. The van der Waals surface area contributed by atoms with Crippen LogP contribution in [0.3, 0.4) is 0 Å². The van der Waals surface area contributed by atoms with E-state index in [0.29, 0.717) is 11.0 Å². The Balaban J connectivity index is 1.34. The summed E-state index contributed by atoms with van der Waals surface area (Å²) >= 11 is 3.23. The van der Waals surface area contributed by atoms with Crippen LogP contribution in [0.5, 0.6) is 0 Å². The summed E-state index contributed by atoms with van der Waals surface area (Å²) in [5, 5.41) is 12.2. The minimum Gasteiger partial charge on any atom is -0.324 e. The monoisotopic (exact) mass is 335 g/mol. The fourth-order valence-electron chi connectivity index (χ4n) is 3.11. The second kappa shape index (κ2) is 5.92. The van der Waals surface area contributed by atoms with Crippen molar-refractivity contribution in [1.82, 2.24) is 20.1 Å². The van der Waals surface area contributed by atoms with Crippen molar-refractivity contribution in [3.05, 3.63) is 21.1 Å². The van der Waals surface area contributed by atoms with Crippen LogP contribution in [0.25, 0.3) is 0 Å². The Morgan fingerprint density at radius 3 is 2.91 bits per heavy atom. The average Bonchev–Trinajstić information content (AvgIpc) is 3.24. The van der Waals surface area contributed by atoms with E-state index in [9.17, 15) is 4.79 Å². The predicted molar refractivity (Wildman–Crippen MR) is 86.6 cm³/mol. The molecule has 0 saturated carbocycles. The first-order chi connectivity index (χ1) is 10.8. The highest BCUT2D eigenvalue weighted by atomic mass is 32.1.